The Morgan fingerprint density at radius 2 is 1.89 bits per heavy atom. The van der Waals surface area contributed by atoms with Crippen molar-refractivity contribution >= 4 is 5.91 Å². The average molecular weight is 256 g/mol. The van der Waals surface area contributed by atoms with E-state index >= 15 is 0 Å². The first-order chi connectivity index (χ1) is 8.65. The zero-order valence-corrected chi connectivity index (χ0v) is 11.8. The summed E-state index contributed by atoms with van der Waals surface area (Å²) >= 11 is 0. The summed E-state index contributed by atoms with van der Waals surface area (Å²) in [4.78, 5) is 11.8. The molecule has 0 aromatic heterocycles. The monoisotopic (exact) mass is 256 g/mol. The largest absolute Gasteiger partial charge is 0.364 e. The number of hydrogen-bond donors (Lipinski definition) is 2. The lowest BCUT2D eigenvalue weighted by molar-refractivity contribution is -0.134. The summed E-state index contributed by atoms with van der Waals surface area (Å²) in [6, 6.07) is 0.352. The lowest BCUT2D eigenvalue weighted by Gasteiger charge is -2.30. The average Bonchev–Trinajstić information content (AvgIpc) is 2.42. The summed E-state index contributed by atoms with van der Waals surface area (Å²) in [6.45, 7) is 4.71. The molecule has 0 aromatic rings. The molecule has 0 unspecified atom stereocenters. The van der Waals surface area contributed by atoms with Crippen molar-refractivity contribution < 1.29 is 9.53 Å². The zero-order chi connectivity index (χ0) is 13.4. The number of carbonyl (C=O) groups is 1. The van der Waals surface area contributed by atoms with Gasteiger partial charge in [0.15, 0.2) is 0 Å². The van der Waals surface area contributed by atoms with Crippen LogP contribution in [0, 0.1) is 0 Å². The van der Waals surface area contributed by atoms with Crippen LogP contribution in [0.2, 0.25) is 0 Å². The van der Waals surface area contributed by atoms with E-state index in [2.05, 4.69) is 19.2 Å². The van der Waals surface area contributed by atoms with Crippen molar-refractivity contribution in [3.05, 3.63) is 0 Å². The molecule has 4 nitrogen and oxygen atoms in total. The molecule has 0 heterocycles. The van der Waals surface area contributed by atoms with Crippen molar-refractivity contribution in [2.24, 2.45) is 5.73 Å². The number of carbonyl (C=O) groups excluding carboxylic acids is 1. The molecule has 0 aliphatic heterocycles. The van der Waals surface area contributed by atoms with E-state index in [0.29, 0.717) is 12.6 Å². The molecule has 1 fully saturated rings. The third-order valence-electron chi connectivity index (χ3n) is 4.14. The minimum absolute atomic E-state index is 0.00150. The van der Waals surface area contributed by atoms with Crippen LogP contribution in [0.15, 0.2) is 0 Å². The fourth-order valence-corrected chi connectivity index (χ4v) is 2.54. The summed E-state index contributed by atoms with van der Waals surface area (Å²) in [7, 11) is 0. The topological polar surface area (TPSA) is 64.3 Å². The van der Waals surface area contributed by atoms with Crippen molar-refractivity contribution in [2.45, 2.75) is 70.4 Å². The second-order valence-corrected chi connectivity index (χ2v) is 5.29. The van der Waals surface area contributed by atoms with Gasteiger partial charge in [0.05, 0.1) is 5.60 Å². The molecule has 0 spiro atoms. The lowest BCUT2D eigenvalue weighted by Crippen LogP contribution is -2.44. The summed E-state index contributed by atoms with van der Waals surface area (Å²) in [5.41, 5.74) is 5.41. The number of nitrogens with one attached hydrogen (secondary N) is 1. The van der Waals surface area contributed by atoms with Crippen LogP contribution in [0.4, 0.5) is 0 Å². The van der Waals surface area contributed by atoms with Gasteiger partial charge in [-0.3, -0.25) is 4.79 Å². The van der Waals surface area contributed by atoms with Crippen molar-refractivity contribution in [3.63, 3.8) is 0 Å². The predicted octanol–water partition coefficient (Wildman–Crippen LogP) is 1.97. The first kappa shape index (κ1) is 15.4. The number of amides is 1. The summed E-state index contributed by atoms with van der Waals surface area (Å²) < 4.78 is 5.74. The molecule has 106 valence electrons. The van der Waals surface area contributed by atoms with Gasteiger partial charge in [-0.15, -0.1) is 0 Å². The third-order valence-corrected chi connectivity index (χ3v) is 4.14. The normalized spacial score (nSPS) is 17.7. The van der Waals surface area contributed by atoms with Crippen molar-refractivity contribution in [2.75, 3.05) is 13.2 Å². The van der Waals surface area contributed by atoms with Gasteiger partial charge < -0.3 is 15.8 Å². The lowest BCUT2D eigenvalue weighted by atomic mass is 9.95. The molecule has 1 amide bonds. The minimum atomic E-state index is -0.329. The second kappa shape index (κ2) is 7.74. The van der Waals surface area contributed by atoms with Gasteiger partial charge >= 0.3 is 0 Å². The van der Waals surface area contributed by atoms with Crippen LogP contribution >= 0.6 is 0 Å². The van der Waals surface area contributed by atoms with Crippen molar-refractivity contribution in [3.8, 4) is 0 Å². The molecule has 0 bridgehead atoms. The fourth-order valence-electron chi connectivity index (χ4n) is 2.54. The summed E-state index contributed by atoms with van der Waals surface area (Å²) in [6.07, 6.45) is 7.65. The van der Waals surface area contributed by atoms with Gasteiger partial charge in [0.1, 0.15) is 6.61 Å². The Kier molecular flexibility index (Phi) is 6.65. The number of rotatable bonds is 7. The van der Waals surface area contributed by atoms with E-state index in [1.54, 1.807) is 0 Å². The van der Waals surface area contributed by atoms with Gasteiger partial charge in [-0.2, -0.15) is 0 Å². The quantitative estimate of drug-likeness (QED) is 0.732. The molecule has 1 aliphatic rings. The second-order valence-electron chi connectivity index (χ2n) is 5.29. The maximum Gasteiger partial charge on any atom is 0.246 e. The molecular weight excluding hydrogens is 228 g/mol. The fraction of sp³-hybridized carbons (Fsp3) is 0.929. The predicted molar refractivity (Wildman–Crippen MR) is 73.3 cm³/mol. The molecular formula is C14H28N2O2. The number of ether oxygens (including phenoxy) is 1. The molecule has 0 radical (unpaired) electrons. The van der Waals surface area contributed by atoms with E-state index in [4.69, 9.17) is 10.5 Å². The van der Waals surface area contributed by atoms with Gasteiger partial charge in [-0.05, 0) is 25.7 Å². The highest BCUT2D eigenvalue weighted by atomic mass is 16.5. The van der Waals surface area contributed by atoms with Crippen LogP contribution in [-0.4, -0.2) is 30.7 Å². The standard InChI is InChI=1S/C14H28N2O2/c1-3-14(4-2,11-15)18-10-13(17)16-12-8-6-5-7-9-12/h12H,3-11,15H2,1-2H3,(H,16,17). The Hall–Kier alpha value is -0.610. The van der Waals surface area contributed by atoms with Crippen molar-refractivity contribution in [1.29, 1.82) is 0 Å². The molecule has 1 saturated carbocycles. The van der Waals surface area contributed by atoms with Gasteiger partial charge in [-0.1, -0.05) is 33.1 Å². The zero-order valence-electron chi connectivity index (χ0n) is 11.8. The maximum absolute atomic E-state index is 11.8. The Morgan fingerprint density at radius 3 is 2.39 bits per heavy atom. The smallest absolute Gasteiger partial charge is 0.246 e. The molecule has 0 aromatic carbocycles. The molecule has 0 saturated heterocycles. The van der Waals surface area contributed by atoms with E-state index in [0.717, 1.165) is 25.7 Å². The Balaban J connectivity index is 2.30. The van der Waals surface area contributed by atoms with Crippen LogP contribution < -0.4 is 11.1 Å². The molecule has 0 atom stereocenters. The van der Waals surface area contributed by atoms with Crippen LogP contribution in [-0.2, 0) is 9.53 Å². The highest BCUT2D eigenvalue weighted by Gasteiger charge is 2.26. The Morgan fingerprint density at radius 1 is 1.28 bits per heavy atom. The first-order valence-electron chi connectivity index (χ1n) is 7.29. The van der Waals surface area contributed by atoms with E-state index in [9.17, 15) is 4.79 Å². The Bertz CT molecular complexity index is 238. The number of nitrogens with two attached hydrogens (primary N) is 1. The van der Waals surface area contributed by atoms with Gasteiger partial charge in [0.2, 0.25) is 5.91 Å². The minimum Gasteiger partial charge on any atom is -0.364 e. The van der Waals surface area contributed by atoms with Crippen LogP contribution in [0.1, 0.15) is 58.8 Å². The van der Waals surface area contributed by atoms with Crippen LogP contribution in [0.5, 0.6) is 0 Å². The number of hydrogen-bond acceptors (Lipinski definition) is 3. The molecule has 4 heteroatoms. The van der Waals surface area contributed by atoms with Gasteiger partial charge in [0, 0.05) is 12.6 Å². The molecule has 18 heavy (non-hydrogen) atoms. The van der Waals surface area contributed by atoms with E-state index < -0.39 is 0 Å². The van der Waals surface area contributed by atoms with E-state index in [1.807, 2.05) is 0 Å². The van der Waals surface area contributed by atoms with Crippen LogP contribution in [0.3, 0.4) is 0 Å². The first-order valence-corrected chi connectivity index (χ1v) is 7.29. The maximum atomic E-state index is 11.8. The van der Waals surface area contributed by atoms with Gasteiger partial charge in [0.25, 0.3) is 0 Å². The Labute approximate surface area is 111 Å². The highest BCUT2D eigenvalue weighted by Crippen LogP contribution is 2.19. The van der Waals surface area contributed by atoms with Gasteiger partial charge in [-0.25, -0.2) is 0 Å². The summed E-state index contributed by atoms with van der Waals surface area (Å²) in [5.74, 6) is 0.00150. The summed E-state index contributed by atoms with van der Waals surface area (Å²) in [5, 5.41) is 3.06. The van der Waals surface area contributed by atoms with E-state index in [-0.39, 0.29) is 18.1 Å². The molecule has 1 rings (SSSR count). The molecule has 3 N–H and O–H groups in total. The highest BCUT2D eigenvalue weighted by molar-refractivity contribution is 5.77. The van der Waals surface area contributed by atoms with Crippen LogP contribution in [0.25, 0.3) is 0 Å². The molecule has 1 aliphatic carbocycles. The third kappa shape index (κ3) is 4.58. The SMILES string of the molecule is CCC(CC)(CN)OCC(=O)NC1CCCCC1. The van der Waals surface area contributed by atoms with E-state index in [1.165, 1.54) is 19.3 Å². The van der Waals surface area contributed by atoms with Crippen molar-refractivity contribution in [1.82, 2.24) is 5.32 Å².